The van der Waals surface area contributed by atoms with Gasteiger partial charge in [0.2, 0.25) is 11.8 Å². The average molecular weight is 498 g/mol. The van der Waals surface area contributed by atoms with Gasteiger partial charge in [-0.3, -0.25) is 19.4 Å². The highest BCUT2D eigenvalue weighted by molar-refractivity contribution is 6.00. The van der Waals surface area contributed by atoms with E-state index < -0.39 is 5.92 Å². The van der Waals surface area contributed by atoms with Gasteiger partial charge in [-0.25, -0.2) is 0 Å². The van der Waals surface area contributed by atoms with Crippen molar-refractivity contribution < 1.29 is 14.4 Å². The molecule has 4 rings (SSSR count). The molecule has 1 saturated heterocycles. The first-order valence-corrected chi connectivity index (χ1v) is 13.2. The average Bonchev–Trinajstić information content (AvgIpc) is 2.93. The zero-order chi connectivity index (χ0) is 26.0. The molecule has 2 heterocycles. The summed E-state index contributed by atoms with van der Waals surface area (Å²) in [6.07, 6.45) is 8.27. The number of anilines is 1. The monoisotopic (exact) mass is 497 g/mol. The molecule has 3 aromatic rings. The number of pyridine rings is 1. The molecular weight excluding hydrogens is 462 g/mol. The lowest BCUT2D eigenvalue weighted by Gasteiger charge is -2.38. The molecule has 2 amide bonds. The molecule has 0 aliphatic carbocycles. The van der Waals surface area contributed by atoms with Crippen LogP contribution in [0.4, 0.5) is 5.69 Å². The summed E-state index contributed by atoms with van der Waals surface area (Å²) in [5, 5.41) is 2.86. The number of carbonyl (C=O) groups is 3. The maximum atomic E-state index is 14.0. The molecule has 1 aliphatic heterocycles. The SMILES string of the molecule is CCCC(=O)Nc1cccc(C(=O)C[C@@H](Cc2ccccc2)C(=O)N2CCCCC2c2cccnc2)c1. The summed E-state index contributed by atoms with van der Waals surface area (Å²) in [5.41, 5.74) is 3.17. The molecule has 1 unspecified atom stereocenters. The third kappa shape index (κ3) is 7.13. The first-order valence-electron chi connectivity index (χ1n) is 13.2. The van der Waals surface area contributed by atoms with E-state index in [1.54, 1.807) is 30.5 Å². The molecule has 0 bridgehead atoms. The van der Waals surface area contributed by atoms with E-state index in [4.69, 9.17) is 0 Å². The van der Waals surface area contributed by atoms with E-state index >= 15 is 0 Å². The van der Waals surface area contributed by atoms with Crippen LogP contribution in [0.2, 0.25) is 0 Å². The topological polar surface area (TPSA) is 79.4 Å². The number of carbonyl (C=O) groups excluding carboxylic acids is 3. The number of ketones is 1. The summed E-state index contributed by atoms with van der Waals surface area (Å²) in [7, 11) is 0. The lowest BCUT2D eigenvalue weighted by atomic mass is 9.88. The lowest BCUT2D eigenvalue weighted by molar-refractivity contribution is -0.139. The summed E-state index contributed by atoms with van der Waals surface area (Å²) < 4.78 is 0. The number of benzene rings is 2. The number of hydrogen-bond acceptors (Lipinski definition) is 4. The molecule has 6 heteroatoms. The molecule has 2 aromatic carbocycles. The van der Waals surface area contributed by atoms with Gasteiger partial charge >= 0.3 is 0 Å². The Labute approximate surface area is 219 Å². The number of hydrogen-bond donors (Lipinski definition) is 1. The van der Waals surface area contributed by atoms with Crippen LogP contribution in [-0.2, 0) is 16.0 Å². The fraction of sp³-hybridized carbons (Fsp3) is 0.355. The summed E-state index contributed by atoms with van der Waals surface area (Å²) in [5.74, 6) is -0.643. The zero-order valence-corrected chi connectivity index (χ0v) is 21.4. The van der Waals surface area contributed by atoms with Crippen molar-refractivity contribution in [3.8, 4) is 0 Å². The maximum Gasteiger partial charge on any atom is 0.226 e. The summed E-state index contributed by atoms with van der Waals surface area (Å²) >= 11 is 0. The van der Waals surface area contributed by atoms with Crippen LogP contribution in [0.15, 0.2) is 79.1 Å². The molecule has 192 valence electrons. The second-order valence-corrected chi connectivity index (χ2v) is 9.72. The van der Waals surface area contributed by atoms with Crippen molar-refractivity contribution in [3.63, 3.8) is 0 Å². The van der Waals surface area contributed by atoms with Gasteiger partial charge in [0.1, 0.15) is 0 Å². The van der Waals surface area contributed by atoms with Crippen molar-refractivity contribution in [3.05, 3.63) is 95.8 Å². The second-order valence-electron chi connectivity index (χ2n) is 9.72. The summed E-state index contributed by atoms with van der Waals surface area (Å²) in [4.78, 5) is 45.8. The van der Waals surface area contributed by atoms with E-state index in [0.717, 1.165) is 36.8 Å². The fourth-order valence-electron chi connectivity index (χ4n) is 5.06. The molecule has 1 fully saturated rings. The quantitative estimate of drug-likeness (QED) is 0.348. The third-order valence-corrected chi connectivity index (χ3v) is 6.91. The van der Waals surface area contributed by atoms with Crippen molar-refractivity contribution in [1.29, 1.82) is 0 Å². The Hall–Kier alpha value is -3.80. The predicted molar refractivity (Wildman–Crippen MR) is 145 cm³/mol. The van der Waals surface area contributed by atoms with Gasteiger partial charge in [-0.05, 0) is 61.4 Å². The standard InChI is InChI=1S/C31H35N3O3/c1-2-10-30(36)33-27-15-8-13-24(20-27)29(35)21-26(19-23-11-4-3-5-12-23)31(37)34-18-7-6-16-28(34)25-14-9-17-32-22-25/h3-5,8-9,11-15,17,20,22,26,28H,2,6-7,10,16,18-19,21H2,1H3,(H,33,36)/t26-,28?/m1/s1. The molecule has 0 radical (unpaired) electrons. The van der Waals surface area contributed by atoms with Gasteiger partial charge in [0.15, 0.2) is 5.78 Å². The van der Waals surface area contributed by atoms with Crippen LogP contribution in [0.3, 0.4) is 0 Å². The molecule has 0 spiro atoms. The van der Waals surface area contributed by atoms with Gasteiger partial charge in [-0.2, -0.15) is 0 Å². The highest BCUT2D eigenvalue weighted by atomic mass is 16.2. The zero-order valence-electron chi connectivity index (χ0n) is 21.4. The molecule has 37 heavy (non-hydrogen) atoms. The van der Waals surface area contributed by atoms with E-state index in [0.29, 0.717) is 30.6 Å². The number of piperidine rings is 1. The fourth-order valence-corrected chi connectivity index (χ4v) is 5.06. The molecule has 6 nitrogen and oxygen atoms in total. The molecule has 1 aliphatic rings. The molecule has 1 aromatic heterocycles. The Kier molecular flexibility index (Phi) is 9.19. The first kappa shape index (κ1) is 26.3. The van der Waals surface area contributed by atoms with E-state index in [2.05, 4.69) is 10.3 Å². The van der Waals surface area contributed by atoms with Crippen molar-refractivity contribution in [1.82, 2.24) is 9.88 Å². The van der Waals surface area contributed by atoms with E-state index in [-0.39, 0.29) is 30.1 Å². The maximum absolute atomic E-state index is 14.0. The molecule has 0 saturated carbocycles. The van der Waals surface area contributed by atoms with Crippen LogP contribution in [0.5, 0.6) is 0 Å². The summed E-state index contributed by atoms with van der Waals surface area (Å²) in [6, 6.07) is 20.8. The van der Waals surface area contributed by atoms with Gasteiger partial charge in [0, 0.05) is 48.9 Å². The van der Waals surface area contributed by atoms with Gasteiger partial charge in [0.05, 0.1) is 6.04 Å². The number of likely N-dealkylation sites (tertiary alicyclic amines) is 1. The Morgan fingerprint density at radius 1 is 1.03 bits per heavy atom. The lowest BCUT2D eigenvalue weighted by Crippen LogP contribution is -2.43. The van der Waals surface area contributed by atoms with Crippen LogP contribution in [0.1, 0.15) is 73.0 Å². The van der Waals surface area contributed by atoms with Gasteiger partial charge in [-0.15, -0.1) is 0 Å². The van der Waals surface area contributed by atoms with Crippen molar-refractivity contribution in [2.75, 3.05) is 11.9 Å². The van der Waals surface area contributed by atoms with E-state index in [1.165, 1.54) is 0 Å². The third-order valence-electron chi connectivity index (χ3n) is 6.91. The predicted octanol–water partition coefficient (Wildman–Crippen LogP) is 6.01. The van der Waals surface area contributed by atoms with Gasteiger partial charge < -0.3 is 10.2 Å². The Balaban J connectivity index is 1.56. The van der Waals surface area contributed by atoms with E-state index in [1.807, 2.05) is 60.5 Å². The molecule has 1 N–H and O–H groups in total. The van der Waals surface area contributed by atoms with Crippen LogP contribution in [0.25, 0.3) is 0 Å². The number of Topliss-reactive ketones (excluding diaryl/α,β-unsaturated/α-hetero) is 1. The largest absolute Gasteiger partial charge is 0.335 e. The number of nitrogens with zero attached hydrogens (tertiary/aromatic N) is 2. The summed E-state index contributed by atoms with van der Waals surface area (Å²) in [6.45, 7) is 2.63. The van der Waals surface area contributed by atoms with Crippen molar-refractivity contribution in [2.45, 2.75) is 57.9 Å². The number of rotatable bonds is 10. The van der Waals surface area contributed by atoms with Crippen molar-refractivity contribution in [2.24, 2.45) is 5.92 Å². The number of amides is 2. The molecule has 2 atom stereocenters. The highest BCUT2D eigenvalue weighted by Crippen LogP contribution is 2.33. The Bertz CT molecular complexity index is 1200. The first-order chi connectivity index (χ1) is 18.0. The van der Waals surface area contributed by atoms with Crippen LogP contribution in [-0.4, -0.2) is 34.0 Å². The minimum Gasteiger partial charge on any atom is -0.335 e. The molecular formula is C31H35N3O3. The van der Waals surface area contributed by atoms with Crippen LogP contribution >= 0.6 is 0 Å². The second kappa shape index (κ2) is 12.9. The van der Waals surface area contributed by atoms with E-state index in [9.17, 15) is 14.4 Å². The number of nitrogens with one attached hydrogen (secondary N) is 1. The van der Waals surface area contributed by atoms with Crippen LogP contribution < -0.4 is 5.32 Å². The minimum absolute atomic E-state index is 0.0122. The Morgan fingerprint density at radius 2 is 1.86 bits per heavy atom. The smallest absolute Gasteiger partial charge is 0.226 e. The minimum atomic E-state index is -0.481. The van der Waals surface area contributed by atoms with Gasteiger partial charge in [0.25, 0.3) is 0 Å². The van der Waals surface area contributed by atoms with Gasteiger partial charge in [-0.1, -0.05) is 55.5 Å². The normalized spacial score (nSPS) is 16.1. The van der Waals surface area contributed by atoms with Crippen molar-refractivity contribution >= 4 is 23.3 Å². The Morgan fingerprint density at radius 3 is 2.62 bits per heavy atom. The highest BCUT2D eigenvalue weighted by Gasteiger charge is 2.33. The number of aromatic nitrogens is 1. The van der Waals surface area contributed by atoms with Crippen LogP contribution in [0, 0.1) is 5.92 Å².